The van der Waals surface area contributed by atoms with E-state index in [2.05, 4.69) is 9.88 Å². The molecule has 3 rings (SSSR count). The van der Waals surface area contributed by atoms with Crippen molar-refractivity contribution >= 4 is 23.2 Å². The van der Waals surface area contributed by atoms with Gasteiger partial charge < -0.3 is 15.4 Å². The lowest BCUT2D eigenvalue weighted by atomic mass is 10.1. The first kappa shape index (κ1) is 15.6. The van der Waals surface area contributed by atoms with Crippen LogP contribution >= 0.6 is 11.6 Å². The monoisotopic (exact) mass is 331 g/mol. The van der Waals surface area contributed by atoms with E-state index in [1.54, 1.807) is 12.3 Å². The standard InChI is InChI=1S/C17H18ClN3O2/c1-11-8-14(18)17(20-9-11)23-12-6-7-21(10-12)15-5-3-2-4-13(15)16(19)22/h2-5,8-9,12H,6-7,10H2,1H3,(H2,19,22)/t12-/m0/s1. The summed E-state index contributed by atoms with van der Waals surface area (Å²) in [6, 6.07) is 9.18. The van der Waals surface area contributed by atoms with Crippen LogP contribution in [0.5, 0.6) is 5.88 Å². The Labute approximate surface area is 140 Å². The van der Waals surface area contributed by atoms with Crippen LogP contribution in [-0.4, -0.2) is 30.1 Å². The predicted molar refractivity (Wildman–Crippen MR) is 90.2 cm³/mol. The van der Waals surface area contributed by atoms with Gasteiger partial charge in [0.1, 0.15) is 11.1 Å². The zero-order valence-corrected chi connectivity index (χ0v) is 13.6. The summed E-state index contributed by atoms with van der Waals surface area (Å²) >= 11 is 6.17. The number of nitrogens with two attached hydrogens (primary N) is 1. The van der Waals surface area contributed by atoms with E-state index in [1.807, 2.05) is 31.2 Å². The maximum atomic E-state index is 11.6. The van der Waals surface area contributed by atoms with Gasteiger partial charge in [-0.3, -0.25) is 4.79 Å². The number of aromatic nitrogens is 1. The summed E-state index contributed by atoms with van der Waals surface area (Å²) in [4.78, 5) is 17.9. The van der Waals surface area contributed by atoms with Crippen LogP contribution in [0.25, 0.3) is 0 Å². The molecule has 2 heterocycles. The molecule has 0 unspecified atom stereocenters. The van der Waals surface area contributed by atoms with Gasteiger partial charge in [0.2, 0.25) is 5.88 Å². The van der Waals surface area contributed by atoms with Gasteiger partial charge in [0.25, 0.3) is 5.91 Å². The van der Waals surface area contributed by atoms with Gasteiger partial charge in [-0.1, -0.05) is 23.7 Å². The third-order valence-electron chi connectivity index (χ3n) is 3.88. The summed E-state index contributed by atoms with van der Waals surface area (Å²) in [7, 11) is 0. The summed E-state index contributed by atoms with van der Waals surface area (Å²) in [5.74, 6) is 0.0283. The number of aryl methyl sites for hydroxylation is 1. The number of amides is 1. The second-order valence-corrected chi connectivity index (χ2v) is 6.06. The summed E-state index contributed by atoms with van der Waals surface area (Å²) in [6.45, 7) is 3.38. The summed E-state index contributed by atoms with van der Waals surface area (Å²) in [6.07, 6.45) is 2.54. The summed E-state index contributed by atoms with van der Waals surface area (Å²) < 4.78 is 5.91. The third kappa shape index (κ3) is 3.40. The van der Waals surface area contributed by atoms with E-state index in [4.69, 9.17) is 22.1 Å². The number of primary amides is 1. The van der Waals surface area contributed by atoms with Gasteiger partial charge in [-0.05, 0) is 30.7 Å². The number of rotatable bonds is 4. The number of nitrogens with zero attached hydrogens (tertiary/aromatic N) is 2. The lowest BCUT2D eigenvalue weighted by molar-refractivity contribution is 0.100. The Hall–Kier alpha value is -2.27. The molecule has 2 N–H and O–H groups in total. The number of halogens is 1. The van der Waals surface area contributed by atoms with Crippen LogP contribution in [0.1, 0.15) is 22.3 Å². The second-order valence-electron chi connectivity index (χ2n) is 5.66. The topological polar surface area (TPSA) is 68.4 Å². The first-order valence-electron chi connectivity index (χ1n) is 7.47. The van der Waals surface area contributed by atoms with Crippen molar-refractivity contribution < 1.29 is 9.53 Å². The lowest BCUT2D eigenvalue weighted by Gasteiger charge is -2.21. The van der Waals surface area contributed by atoms with E-state index < -0.39 is 5.91 Å². The van der Waals surface area contributed by atoms with Gasteiger partial charge in [-0.25, -0.2) is 4.98 Å². The minimum absolute atomic E-state index is 0.0244. The number of benzene rings is 1. The molecule has 5 nitrogen and oxygen atoms in total. The quantitative estimate of drug-likeness (QED) is 0.935. The fourth-order valence-electron chi connectivity index (χ4n) is 2.77. The summed E-state index contributed by atoms with van der Waals surface area (Å²) in [5.41, 5.74) is 7.81. The molecule has 0 aliphatic carbocycles. The van der Waals surface area contributed by atoms with E-state index in [0.717, 1.165) is 24.2 Å². The van der Waals surface area contributed by atoms with Crippen LogP contribution in [-0.2, 0) is 0 Å². The number of carbonyl (C=O) groups is 1. The second kappa shape index (κ2) is 6.46. The molecule has 0 spiro atoms. The van der Waals surface area contributed by atoms with Gasteiger partial charge in [0.05, 0.1) is 12.1 Å². The number of hydrogen-bond acceptors (Lipinski definition) is 4. The molecule has 0 bridgehead atoms. The Morgan fingerprint density at radius 2 is 2.22 bits per heavy atom. The average Bonchev–Trinajstić information content (AvgIpc) is 2.98. The molecule has 1 fully saturated rings. The van der Waals surface area contributed by atoms with Crippen LogP contribution in [0.2, 0.25) is 5.02 Å². The van der Waals surface area contributed by atoms with E-state index in [9.17, 15) is 4.79 Å². The molecule has 1 aromatic carbocycles. The Balaban J connectivity index is 1.73. The molecule has 120 valence electrons. The fourth-order valence-corrected chi connectivity index (χ4v) is 3.03. The number of ether oxygens (including phenoxy) is 1. The number of anilines is 1. The molecular formula is C17H18ClN3O2. The Morgan fingerprint density at radius 3 is 2.96 bits per heavy atom. The molecule has 1 aliphatic rings. The van der Waals surface area contributed by atoms with Gasteiger partial charge in [0, 0.05) is 24.8 Å². The maximum absolute atomic E-state index is 11.6. The Morgan fingerprint density at radius 1 is 1.43 bits per heavy atom. The normalized spacial score (nSPS) is 17.3. The van der Waals surface area contributed by atoms with Gasteiger partial charge in [-0.15, -0.1) is 0 Å². The van der Waals surface area contributed by atoms with Crippen molar-refractivity contribution in [3.63, 3.8) is 0 Å². The van der Waals surface area contributed by atoms with Crippen LogP contribution in [0.15, 0.2) is 36.5 Å². The first-order valence-corrected chi connectivity index (χ1v) is 7.85. The van der Waals surface area contributed by atoms with Gasteiger partial charge in [-0.2, -0.15) is 0 Å². The number of hydrogen-bond donors (Lipinski definition) is 1. The molecule has 23 heavy (non-hydrogen) atoms. The van der Waals surface area contributed by atoms with E-state index >= 15 is 0 Å². The Kier molecular flexibility index (Phi) is 4.39. The highest BCUT2D eigenvalue weighted by Gasteiger charge is 2.27. The minimum Gasteiger partial charge on any atom is -0.471 e. The molecule has 1 atom stereocenters. The zero-order valence-electron chi connectivity index (χ0n) is 12.8. The van der Waals surface area contributed by atoms with E-state index in [1.165, 1.54) is 0 Å². The molecule has 6 heteroatoms. The molecular weight excluding hydrogens is 314 g/mol. The van der Waals surface area contributed by atoms with Crippen molar-refractivity contribution in [2.75, 3.05) is 18.0 Å². The van der Waals surface area contributed by atoms with Crippen molar-refractivity contribution in [1.29, 1.82) is 0 Å². The highest BCUT2D eigenvalue weighted by atomic mass is 35.5. The Bertz CT molecular complexity index is 736. The fraction of sp³-hybridized carbons (Fsp3) is 0.294. The number of carbonyl (C=O) groups excluding carboxylic acids is 1. The lowest BCUT2D eigenvalue weighted by Crippen LogP contribution is -2.27. The highest BCUT2D eigenvalue weighted by Crippen LogP contribution is 2.28. The van der Waals surface area contributed by atoms with Crippen LogP contribution in [0, 0.1) is 6.92 Å². The van der Waals surface area contributed by atoms with E-state index in [-0.39, 0.29) is 6.10 Å². The maximum Gasteiger partial charge on any atom is 0.250 e. The van der Waals surface area contributed by atoms with E-state index in [0.29, 0.717) is 23.0 Å². The van der Waals surface area contributed by atoms with Crippen LogP contribution in [0.4, 0.5) is 5.69 Å². The molecule has 1 amide bonds. The minimum atomic E-state index is -0.423. The molecule has 0 saturated carbocycles. The smallest absolute Gasteiger partial charge is 0.250 e. The molecule has 1 aliphatic heterocycles. The van der Waals surface area contributed by atoms with Crippen molar-refractivity contribution in [2.45, 2.75) is 19.4 Å². The summed E-state index contributed by atoms with van der Waals surface area (Å²) in [5, 5.41) is 0.515. The molecule has 1 aromatic heterocycles. The van der Waals surface area contributed by atoms with Crippen molar-refractivity contribution in [3.05, 3.63) is 52.7 Å². The van der Waals surface area contributed by atoms with Crippen molar-refractivity contribution in [1.82, 2.24) is 4.98 Å². The molecule has 0 radical (unpaired) electrons. The zero-order chi connectivity index (χ0) is 16.4. The van der Waals surface area contributed by atoms with Crippen molar-refractivity contribution in [3.8, 4) is 5.88 Å². The number of pyridine rings is 1. The van der Waals surface area contributed by atoms with Crippen molar-refractivity contribution in [2.24, 2.45) is 5.73 Å². The first-order chi connectivity index (χ1) is 11.0. The van der Waals surface area contributed by atoms with Crippen LogP contribution in [0.3, 0.4) is 0 Å². The van der Waals surface area contributed by atoms with Gasteiger partial charge in [0.15, 0.2) is 0 Å². The number of para-hydroxylation sites is 1. The predicted octanol–water partition coefficient (Wildman–Crippen LogP) is 2.80. The third-order valence-corrected chi connectivity index (χ3v) is 4.15. The largest absolute Gasteiger partial charge is 0.471 e. The SMILES string of the molecule is Cc1cnc(O[C@H]2CCN(c3ccccc3C(N)=O)C2)c(Cl)c1. The molecule has 1 saturated heterocycles. The molecule has 2 aromatic rings. The highest BCUT2D eigenvalue weighted by molar-refractivity contribution is 6.31. The van der Waals surface area contributed by atoms with Crippen LogP contribution < -0.4 is 15.4 Å². The average molecular weight is 332 g/mol. The van der Waals surface area contributed by atoms with Gasteiger partial charge >= 0.3 is 0 Å².